The van der Waals surface area contributed by atoms with Crippen LogP contribution in [-0.2, 0) is 65.4 Å². The van der Waals surface area contributed by atoms with E-state index < -0.39 is 97.5 Å². The van der Waals surface area contributed by atoms with Crippen molar-refractivity contribution in [1.82, 2.24) is 0 Å². The van der Waals surface area contributed by atoms with Crippen molar-refractivity contribution < 1.29 is 80.2 Å². The summed E-state index contributed by atoms with van der Waals surface area (Å²) in [6, 6.07) is 0. The Bertz CT molecular complexity index is 2650. The molecule has 0 heterocycles. The standard InChI is InChI=1S/C83H132O17P2/c1-5-9-13-17-21-25-29-33-36-37-38-39-42-45-48-52-56-60-64-68-81(86)94-74-79(100-83(88)70-66-62-58-54-50-46-41-35-31-27-23-19-15-11-7-3)76-98-102(91,92)96-72-77(84)71-95-101(89,90)97-75-78(99-82(87)69-65-61-57-53-49-43-32-28-24-20-16-12-8-4)73-93-80(85)67-63-59-55-51-47-44-40-34-30-26-22-18-14-10-6-2/h9-11,13-16,20-23,25-28,32-36,38-41,45,47-48,51,56,60,77-79,84H,5-8,12,17-19,24,29-31,37,42-44,46,49-50,52-55,57-59,61-76H2,1-4H3,(H,89,90)(H,91,92)/b13-9-,14-10-,15-11-,20-16-,25-21-,26-22-,27-23-,32-28-,36-33-,39-38-,40-34-,41-35-,48-45-,51-47-,60-56-. The van der Waals surface area contributed by atoms with E-state index in [0.29, 0.717) is 32.1 Å². The van der Waals surface area contributed by atoms with E-state index in [1.165, 1.54) is 0 Å². The summed E-state index contributed by atoms with van der Waals surface area (Å²) < 4.78 is 68.3. The molecule has 0 aliphatic carbocycles. The van der Waals surface area contributed by atoms with E-state index in [0.717, 1.165) is 173 Å². The molecule has 19 heteroatoms. The van der Waals surface area contributed by atoms with Gasteiger partial charge in [-0.1, -0.05) is 255 Å². The molecule has 0 spiro atoms. The number of hydrogen-bond acceptors (Lipinski definition) is 15. The Morgan fingerprint density at radius 3 is 0.863 bits per heavy atom. The van der Waals surface area contributed by atoms with Crippen molar-refractivity contribution in [3.8, 4) is 0 Å². The van der Waals surface area contributed by atoms with E-state index in [1.54, 1.807) is 0 Å². The van der Waals surface area contributed by atoms with Gasteiger partial charge in [0.1, 0.15) is 19.3 Å². The Hall–Kier alpha value is -5.84. The fourth-order valence-corrected chi connectivity index (χ4v) is 10.7. The Morgan fingerprint density at radius 2 is 0.529 bits per heavy atom. The summed E-state index contributed by atoms with van der Waals surface area (Å²) in [5.74, 6) is -2.38. The predicted molar refractivity (Wildman–Crippen MR) is 417 cm³/mol. The zero-order chi connectivity index (χ0) is 74.6. The number of phosphoric ester groups is 2. The fourth-order valence-electron chi connectivity index (χ4n) is 9.17. The summed E-state index contributed by atoms with van der Waals surface area (Å²) in [5.41, 5.74) is 0. The summed E-state index contributed by atoms with van der Waals surface area (Å²) in [6.45, 7) is 4.26. The van der Waals surface area contributed by atoms with Crippen molar-refractivity contribution in [2.24, 2.45) is 0 Å². The van der Waals surface area contributed by atoms with E-state index in [-0.39, 0.29) is 25.7 Å². The smallest absolute Gasteiger partial charge is 0.462 e. The van der Waals surface area contributed by atoms with Gasteiger partial charge in [-0.3, -0.25) is 37.3 Å². The molecule has 0 aliphatic rings. The average Bonchev–Trinajstić information content (AvgIpc) is 0.924. The second kappa shape index (κ2) is 73.5. The molecule has 0 amide bonds. The normalized spacial score (nSPS) is 14.9. The number of aliphatic hydroxyl groups excluding tert-OH is 1. The van der Waals surface area contributed by atoms with Crippen LogP contribution < -0.4 is 0 Å². The number of ether oxygens (including phenoxy) is 4. The highest BCUT2D eigenvalue weighted by Crippen LogP contribution is 2.45. The number of phosphoric acid groups is 2. The molecule has 3 N–H and O–H groups in total. The van der Waals surface area contributed by atoms with Gasteiger partial charge in [0, 0.05) is 25.7 Å². The number of allylic oxidation sites excluding steroid dienone is 30. The number of carbonyl (C=O) groups is 4. The largest absolute Gasteiger partial charge is 0.472 e. The van der Waals surface area contributed by atoms with Gasteiger partial charge in [0.25, 0.3) is 0 Å². The van der Waals surface area contributed by atoms with Crippen molar-refractivity contribution in [2.75, 3.05) is 39.6 Å². The van der Waals surface area contributed by atoms with Crippen LogP contribution in [0.5, 0.6) is 0 Å². The van der Waals surface area contributed by atoms with Gasteiger partial charge in [-0.25, -0.2) is 9.13 Å². The van der Waals surface area contributed by atoms with Gasteiger partial charge in [0.05, 0.1) is 26.4 Å². The molecule has 5 atom stereocenters. The lowest BCUT2D eigenvalue weighted by atomic mass is 10.1. The van der Waals surface area contributed by atoms with Gasteiger partial charge in [-0.15, -0.1) is 0 Å². The van der Waals surface area contributed by atoms with E-state index >= 15 is 0 Å². The van der Waals surface area contributed by atoms with Gasteiger partial charge < -0.3 is 33.8 Å². The maximum absolute atomic E-state index is 13.1. The van der Waals surface area contributed by atoms with Crippen LogP contribution in [0.3, 0.4) is 0 Å². The minimum absolute atomic E-state index is 0.0242. The maximum atomic E-state index is 13.1. The summed E-state index contributed by atoms with van der Waals surface area (Å²) >= 11 is 0. The fraction of sp³-hybridized carbons (Fsp3) is 0.590. The summed E-state index contributed by atoms with van der Waals surface area (Å²) in [5, 5.41) is 10.6. The van der Waals surface area contributed by atoms with Crippen LogP contribution in [0, 0.1) is 0 Å². The third kappa shape index (κ3) is 72.5. The second-order valence-corrected chi connectivity index (χ2v) is 27.3. The van der Waals surface area contributed by atoms with E-state index in [9.17, 15) is 43.2 Å². The zero-order valence-corrected chi connectivity index (χ0v) is 64.5. The molecule has 0 saturated heterocycles. The summed E-state index contributed by atoms with van der Waals surface area (Å²) in [6.07, 6.45) is 87.6. The van der Waals surface area contributed by atoms with E-state index in [4.69, 9.17) is 37.0 Å². The third-order valence-corrected chi connectivity index (χ3v) is 16.7. The predicted octanol–water partition coefficient (Wildman–Crippen LogP) is 22.0. The highest BCUT2D eigenvalue weighted by molar-refractivity contribution is 7.47. The van der Waals surface area contributed by atoms with E-state index in [2.05, 4.69) is 192 Å². The van der Waals surface area contributed by atoms with Crippen LogP contribution in [0.1, 0.15) is 259 Å². The maximum Gasteiger partial charge on any atom is 0.472 e. The minimum atomic E-state index is -5.01. The first-order valence-corrected chi connectivity index (χ1v) is 41.0. The van der Waals surface area contributed by atoms with Gasteiger partial charge in [0.15, 0.2) is 12.2 Å². The van der Waals surface area contributed by atoms with Crippen LogP contribution in [-0.4, -0.2) is 96.7 Å². The molecule has 0 aromatic heterocycles. The lowest BCUT2D eigenvalue weighted by Gasteiger charge is -2.21. The first-order valence-electron chi connectivity index (χ1n) is 38.0. The number of unbranched alkanes of at least 4 members (excludes halogenated alkanes) is 13. The SMILES string of the molecule is CC/C=C\C/C=C\C/C=C\C/C=C\C/C=C\C/C=C\CCC(=O)OCC(COP(=O)(O)OCC(O)COP(=O)(O)OCC(COC(=O)CCCC/C=C\C/C=C\C/C=C\C/C=C\CC)OC(=O)CCCCCCC/C=C\C/C=C\CCC)OC(=O)CCCCCCC/C=C\C/C=C\C/C=C\CC. The van der Waals surface area contributed by atoms with Crippen LogP contribution in [0.4, 0.5) is 0 Å². The Kier molecular flexibility index (Phi) is 69.3. The van der Waals surface area contributed by atoms with Crippen LogP contribution >= 0.6 is 15.6 Å². The van der Waals surface area contributed by atoms with Gasteiger partial charge in [0.2, 0.25) is 0 Å². The van der Waals surface area contributed by atoms with Crippen LogP contribution in [0.15, 0.2) is 182 Å². The molecule has 0 rings (SSSR count). The monoisotopic (exact) mass is 1460 g/mol. The molecule has 0 aliphatic heterocycles. The Morgan fingerprint density at radius 1 is 0.284 bits per heavy atom. The second-order valence-electron chi connectivity index (χ2n) is 24.4. The minimum Gasteiger partial charge on any atom is -0.462 e. The number of carbonyl (C=O) groups excluding carboxylic acids is 4. The highest BCUT2D eigenvalue weighted by atomic mass is 31.2. The molecule has 0 bridgehead atoms. The molecular weight excluding hydrogens is 1330 g/mol. The number of esters is 4. The highest BCUT2D eigenvalue weighted by Gasteiger charge is 2.30. The lowest BCUT2D eigenvalue weighted by Crippen LogP contribution is -2.30. The first-order chi connectivity index (χ1) is 49.7. The van der Waals surface area contributed by atoms with Gasteiger partial charge in [-0.05, 0) is 161 Å². The molecule has 0 saturated carbocycles. The molecule has 0 aromatic rings. The molecule has 0 fully saturated rings. The number of rotatable bonds is 69. The molecule has 5 unspecified atom stereocenters. The molecule has 0 aromatic carbocycles. The van der Waals surface area contributed by atoms with Crippen LogP contribution in [0.25, 0.3) is 0 Å². The van der Waals surface area contributed by atoms with Gasteiger partial charge >= 0.3 is 39.5 Å². The third-order valence-electron chi connectivity index (χ3n) is 14.8. The molecule has 0 radical (unpaired) electrons. The zero-order valence-electron chi connectivity index (χ0n) is 62.7. The van der Waals surface area contributed by atoms with Crippen molar-refractivity contribution >= 4 is 39.5 Å². The Balaban J connectivity index is 5.49. The molecule has 17 nitrogen and oxygen atoms in total. The van der Waals surface area contributed by atoms with Crippen LogP contribution in [0.2, 0.25) is 0 Å². The average molecular weight is 1460 g/mol. The summed E-state index contributed by atoms with van der Waals surface area (Å²) in [7, 11) is -10.0. The van der Waals surface area contributed by atoms with E-state index in [1.807, 2.05) is 18.2 Å². The molecular formula is C83H132O17P2. The number of hydrogen-bond donors (Lipinski definition) is 3. The van der Waals surface area contributed by atoms with Crippen molar-refractivity contribution in [3.05, 3.63) is 182 Å². The van der Waals surface area contributed by atoms with Crippen molar-refractivity contribution in [3.63, 3.8) is 0 Å². The summed E-state index contributed by atoms with van der Waals surface area (Å²) in [4.78, 5) is 72.8. The van der Waals surface area contributed by atoms with Crippen molar-refractivity contribution in [2.45, 2.75) is 277 Å². The first kappa shape index (κ1) is 96.2. The van der Waals surface area contributed by atoms with Gasteiger partial charge in [-0.2, -0.15) is 0 Å². The van der Waals surface area contributed by atoms with Crippen molar-refractivity contribution in [1.29, 1.82) is 0 Å². The number of aliphatic hydroxyl groups is 1. The lowest BCUT2D eigenvalue weighted by molar-refractivity contribution is -0.161. The molecule has 576 valence electrons. The quantitative estimate of drug-likeness (QED) is 0.0169. The topological polar surface area (TPSA) is 237 Å². The molecule has 102 heavy (non-hydrogen) atoms. The Labute approximate surface area is 615 Å².